The third-order valence-corrected chi connectivity index (χ3v) is 4.45. The Morgan fingerprint density at radius 1 is 1.55 bits per heavy atom. The molecule has 2 unspecified atom stereocenters. The molecule has 20 heavy (non-hydrogen) atoms. The summed E-state index contributed by atoms with van der Waals surface area (Å²) < 4.78 is 6.42. The first-order chi connectivity index (χ1) is 9.52. The van der Waals surface area contributed by atoms with Crippen molar-refractivity contribution in [3.8, 4) is 5.75 Å². The van der Waals surface area contributed by atoms with Gasteiger partial charge >= 0.3 is 0 Å². The number of carbonyl (C=O) groups excluding carboxylic acids is 1. The number of nitrogens with zero attached hydrogens (tertiary/aromatic N) is 1. The van der Waals surface area contributed by atoms with Crippen LogP contribution in [0.5, 0.6) is 5.75 Å². The molecule has 0 saturated carbocycles. The molecule has 1 amide bonds. The maximum Gasteiger partial charge on any atom is 0.260 e. The highest BCUT2D eigenvalue weighted by molar-refractivity contribution is 9.10. The molecule has 1 N–H and O–H groups in total. The topological polar surface area (TPSA) is 49.8 Å². The molecule has 0 aliphatic carbocycles. The van der Waals surface area contributed by atoms with E-state index in [2.05, 4.69) is 22.9 Å². The van der Waals surface area contributed by atoms with Gasteiger partial charge in [-0.2, -0.15) is 0 Å². The van der Waals surface area contributed by atoms with Gasteiger partial charge < -0.3 is 14.7 Å². The van der Waals surface area contributed by atoms with Gasteiger partial charge in [-0.25, -0.2) is 0 Å². The molecule has 0 spiro atoms. The number of aliphatic hydroxyl groups is 1. The molecule has 0 bridgehead atoms. The second-order valence-corrected chi connectivity index (χ2v) is 6.18. The zero-order valence-corrected chi connectivity index (χ0v) is 13.4. The minimum Gasteiger partial charge on any atom is -0.483 e. The minimum absolute atomic E-state index is 0.00484. The number of hydrogen-bond donors (Lipinski definition) is 1. The number of carbonyl (C=O) groups is 1. The van der Waals surface area contributed by atoms with E-state index in [-0.39, 0.29) is 25.2 Å². The van der Waals surface area contributed by atoms with E-state index in [1.807, 2.05) is 25.1 Å². The highest BCUT2D eigenvalue weighted by atomic mass is 79.9. The molecule has 0 radical (unpaired) electrons. The first-order valence-electron chi connectivity index (χ1n) is 6.82. The van der Waals surface area contributed by atoms with Gasteiger partial charge in [0.25, 0.3) is 5.91 Å². The van der Waals surface area contributed by atoms with E-state index in [1.165, 1.54) is 0 Å². The Labute approximate surface area is 127 Å². The number of rotatable bonds is 4. The Balaban J connectivity index is 1.95. The van der Waals surface area contributed by atoms with E-state index in [0.717, 1.165) is 16.5 Å². The lowest BCUT2D eigenvalue weighted by Crippen LogP contribution is -2.42. The molecule has 0 aromatic heterocycles. The van der Waals surface area contributed by atoms with Crippen LogP contribution in [0.4, 0.5) is 0 Å². The summed E-state index contributed by atoms with van der Waals surface area (Å²) in [5.74, 6) is 0.938. The van der Waals surface area contributed by atoms with Gasteiger partial charge in [-0.15, -0.1) is 0 Å². The summed E-state index contributed by atoms with van der Waals surface area (Å²) in [6.07, 6.45) is 0.936. The van der Waals surface area contributed by atoms with E-state index < -0.39 is 0 Å². The fraction of sp³-hybridized carbons (Fsp3) is 0.533. The van der Waals surface area contributed by atoms with Crippen molar-refractivity contribution in [1.82, 2.24) is 4.90 Å². The predicted molar refractivity (Wildman–Crippen MR) is 80.7 cm³/mol. The van der Waals surface area contributed by atoms with Crippen molar-refractivity contribution in [1.29, 1.82) is 0 Å². The Kier molecular flexibility index (Phi) is 5.05. The standard InChI is InChI=1S/C15H20BrNO3/c1-10-3-4-14(12(16)7-10)20-9-15(19)17-6-5-11(2)13(17)8-18/h3-4,7,11,13,18H,5-6,8-9H2,1-2H3. The van der Waals surface area contributed by atoms with Crippen molar-refractivity contribution < 1.29 is 14.6 Å². The molecule has 110 valence electrons. The molecule has 1 fully saturated rings. The Morgan fingerprint density at radius 2 is 2.30 bits per heavy atom. The van der Waals surface area contributed by atoms with Crippen molar-refractivity contribution in [2.45, 2.75) is 26.3 Å². The van der Waals surface area contributed by atoms with Crippen LogP contribution in [0.1, 0.15) is 18.9 Å². The van der Waals surface area contributed by atoms with Crippen molar-refractivity contribution in [3.05, 3.63) is 28.2 Å². The second-order valence-electron chi connectivity index (χ2n) is 5.33. The van der Waals surface area contributed by atoms with Crippen LogP contribution in [0.25, 0.3) is 0 Å². The Hall–Kier alpha value is -1.07. The van der Waals surface area contributed by atoms with Gasteiger partial charge in [0.2, 0.25) is 0 Å². The summed E-state index contributed by atoms with van der Waals surface area (Å²) in [5, 5.41) is 9.37. The summed E-state index contributed by atoms with van der Waals surface area (Å²) in [6, 6.07) is 5.67. The zero-order chi connectivity index (χ0) is 14.7. The number of aryl methyl sites for hydroxylation is 1. The largest absolute Gasteiger partial charge is 0.483 e. The van der Waals surface area contributed by atoms with Gasteiger partial charge in [-0.05, 0) is 52.9 Å². The van der Waals surface area contributed by atoms with Crippen LogP contribution in [0.3, 0.4) is 0 Å². The van der Waals surface area contributed by atoms with Gasteiger partial charge in [-0.3, -0.25) is 4.79 Å². The number of amides is 1. The summed E-state index contributed by atoms with van der Waals surface area (Å²) in [6.45, 7) is 4.78. The fourth-order valence-corrected chi connectivity index (χ4v) is 3.15. The molecule has 1 aromatic carbocycles. The normalized spacial score (nSPS) is 22.1. The van der Waals surface area contributed by atoms with E-state index >= 15 is 0 Å². The van der Waals surface area contributed by atoms with E-state index in [4.69, 9.17) is 4.74 Å². The fourth-order valence-electron chi connectivity index (χ4n) is 2.54. The van der Waals surface area contributed by atoms with E-state index in [1.54, 1.807) is 4.90 Å². The van der Waals surface area contributed by atoms with Crippen LogP contribution in [-0.2, 0) is 4.79 Å². The van der Waals surface area contributed by atoms with Crippen LogP contribution >= 0.6 is 15.9 Å². The lowest BCUT2D eigenvalue weighted by molar-refractivity contribution is -0.135. The monoisotopic (exact) mass is 341 g/mol. The number of aliphatic hydroxyl groups excluding tert-OH is 1. The van der Waals surface area contributed by atoms with Crippen molar-refractivity contribution in [2.75, 3.05) is 19.8 Å². The smallest absolute Gasteiger partial charge is 0.260 e. The first kappa shape index (κ1) is 15.3. The molecular weight excluding hydrogens is 322 g/mol. The quantitative estimate of drug-likeness (QED) is 0.914. The summed E-state index contributed by atoms with van der Waals surface area (Å²) in [7, 11) is 0. The summed E-state index contributed by atoms with van der Waals surface area (Å²) in [5.41, 5.74) is 1.13. The van der Waals surface area contributed by atoms with Crippen LogP contribution < -0.4 is 4.74 Å². The third kappa shape index (κ3) is 3.33. The zero-order valence-electron chi connectivity index (χ0n) is 11.8. The van der Waals surface area contributed by atoms with Crippen molar-refractivity contribution in [2.24, 2.45) is 5.92 Å². The molecular formula is C15H20BrNO3. The predicted octanol–water partition coefficient (Wildman–Crippen LogP) is 2.37. The Bertz CT molecular complexity index is 492. The SMILES string of the molecule is Cc1ccc(OCC(=O)N2CCC(C)C2CO)c(Br)c1. The van der Waals surface area contributed by atoms with E-state index in [9.17, 15) is 9.90 Å². The first-order valence-corrected chi connectivity index (χ1v) is 7.61. The van der Waals surface area contributed by atoms with Crippen LogP contribution in [0.15, 0.2) is 22.7 Å². The maximum absolute atomic E-state index is 12.2. The summed E-state index contributed by atoms with van der Waals surface area (Å²) >= 11 is 3.43. The maximum atomic E-state index is 12.2. The molecule has 4 nitrogen and oxygen atoms in total. The molecule has 5 heteroatoms. The van der Waals surface area contributed by atoms with Gasteiger partial charge in [0.15, 0.2) is 6.61 Å². The van der Waals surface area contributed by atoms with Gasteiger partial charge in [-0.1, -0.05) is 13.0 Å². The highest BCUT2D eigenvalue weighted by Crippen LogP contribution is 2.27. The number of benzene rings is 1. The van der Waals surface area contributed by atoms with Crippen molar-refractivity contribution in [3.63, 3.8) is 0 Å². The number of likely N-dealkylation sites (tertiary alicyclic amines) is 1. The molecule has 1 saturated heterocycles. The molecule has 1 aliphatic heterocycles. The van der Waals surface area contributed by atoms with E-state index in [0.29, 0.717) is 18.2 Å². The second kappa shape index (κ2) is 6.59. The average Bonchev–Trinajstić information content (AvgIpc) is 2.78. The Morgan fingerprint density at radius 3 is 2.95 bits per heavy atom. The lowest BCUT2D eigenvalue weighted by atomic mass is 10.0. The van der Waals surface area contributed by atoms with Crippen LogP contribution in [-0.4, -0.2) is 41.7 Å². The number of hydrogen-bond acceptors (Lipinski definition) is 3. The third-order valence-electron chi connectivity index (χ3n) is 3.83. The highest BCUT2D eigenvalue weighted by Gasteiger charge is 2.33. The average molecular weight is 342 g/mol. The van der Waals surface area contributed by atoms with Crippen molar-refractivity contribution >= 4 is 21.8 Å². The molecule has 1 heterocycles. The van der Waals surface area contributed by atoms with Crippen LogP contribution in [0.2, 0.25) is 0 Å². The van der Waals surface area contributed by atoms with Gasteiger partial charge in [0.1, 0.15) is 5.75 Å². The molecule has 1 aliphatic rings. The molecule has 2 atom stereocenters. The number of halogens is 1. The van der Waals surface area contributed by atoms with Crippen LogP contribution in [0, 0.1) is 12.8 Å². The summed E-state index contributed by atoms with van der Waals surface area (Å²) in [4.78, 5) is 13.9. The molecule has 1 aromatic rings. The minimum atomic E-state index is -0.0763. The lowest BCUT2D eigenvalue weighted by Gasteiger charge is -2.25. The van der Waals surface area contributed by atoms with Gasteiger partial charge in [0, 0.05) is 6.54 Å². The van der Waals surface area contributed by atoms with Gasteiger partial charge in [0.05, 0.1) is 17.1 Å². The number of ether oxygens (including phenoxy) is 1. The molecule has 2 rings (SSSR count).